The lowest BCUT2D eigenvalue weighted by Gasteiger charge is -2.33. The van der Waals surface area contributed by atoms with Gasteiger partial charge in [0, 0.05) is 44.4 Å². The molecule has 0 spiro atoms. The van der Waals surface area contributed by atoms with E-state index in [1.165, 1.54) is 0 Å². The molecule has 2 rings (SSSR count). The van der Waals surface area contributed by atoms with Crippen molar-refractivity contribution >= 4 is 17.9 Å². The maximum atomic E-state index is 12.2. The maximum Gasteiger partial charge on any atom is 0.251 e. The highest BCUT2D eigenvalue weighted by Crippen LogP contribution is 2.08. The van der Waals surface area contributed by atoms with Crippen LogP contribution in [0.4, 0.5) is 0 Å². The highest BCUT2D eigenvalue weighted by atomic mass is 16.2. The van der Waals surface area contributed by atoms with E-state index >= 15 is 0 Å². The van der Waals surface area contributed by atoms with Gasteiger partial charge in [0.05, 0.1) is 0 Å². The van der Waals surface area contributed by atoms with Gasteiger partial charge in [-0.3, -0.25) is 9.59 Å². The summed E-state index contributed by atoms with van der Waals surface area (Å²) in [5.41, 5.74) is 1.51. The van der Waals surface area contributed by atoms with Gasteiger partial charge in [-0.2, -0.15) is 0 Å². The second kappa shape index (κ2) is 7.04. The molecule has 0 saturated carbocycles. The van der Waals surface area contributed by atoms with E-state index in [-0.39, 0.29) is 17.9 Å². The van der Waals surface area contributed by atoms with Crippen LogP contribution in [0.5, 0.6) is 0 Å². The zero-order valence-corrected chi connectivity index (χ0v) is 12.4. The Kier molecular flexibility index (Phi) is 5.11. The standard InChI is InChI=1S/C16H21N3O2/c1-12-11-18-9-10-19(12)15(20)8-5-13-3-6-14(7-4-13)16(21)17-2/h3-8,12,18H,9-11H2,1-2H3,(H,17,21). The number of hydrogen-bond donors (Lipinski definition) is 2. The fourth-order valence-electron chi connectivity index (χ4n) is 2.32. The molecule has 2 amide bonds. The normalized spacial score (nSPS) is 18.8. The Hall–Kier alpha value is -2.14. The number of carbonyl (C=O) groups is 2. The summed E-state index contributed by atoms with van der Waals surface area (Å²) >= 11 is 0. The van der Waals surface area contributed by atoms with Crippen molar-refractivity contribution in [2.75, 3.05) is 26.7 Å². The van der Waals surface area contributed by atoms with Crippen LogP contribution >= 0.6 is 0 Å². The lowest BCUT2D eigenvalue weighted by molar-refractivity contribution is -0.128. The monoisotopic (exact) mass is 287 g/mol. The summed E-state index contributed by atoms with van der Waals surface area (Å²) in [5, 5.41) is 5.83. The largest absolute Gasteiger partial charge is 0.355 e. The molecule has 1 aliphatic heterocycles. The second-order valence-corrected chi connectivity index (χ2v) is 5.12. The highest BCUT2D eigenvalue weighted by molar-refractivity contribution is 5.95. The third kappa shape index (κ3) is 3.92. The van der Waals surface area contributed by atoms with Crippen molar-refractivity contribution < 1.29 is 9.59 Å². The Labute approximate surface area is 125 Å². The van der Waals surface area contributed by atoms with Crippen LogP contribution in [0.15, 0.2) is 30.3 Å². The highest BCUT2D eigenvalue weighted by Gasteiger charge is 2.20. The molecule has 112 valence electrons. The van der Waals surface area contributed by atoms with Crippen molar-refractivity contribution in [3.05, 3.63) is 41.5 Å². The van der Waals surface area contributed by atoms with Crippen LogP contribution in [0.3, 0.4) is 0 Å². The van der Waals surface area contributed by atoms with E-state index in [2.05, 4.69) is 10.6 Å². The molecule has 1 atom stereocenters. The molecule has 1 fully saturated rings. The molecule has 1 aliphatic rings. The molecule has 0 aromatic heterocycles. The van der Waals surface area contributed by atoms with Crippen molar-refractivity contribution in [3.63, 3.8) is 0 Å². The molecule has 5 heteroatoms. The minimum absolute atomic E-state index is 0.0272. The number of nitrogens with zero attached hydrogens (tertiary/aromatic N) is 1. The van der Waals surface area contributed by atoms with Crippen LogP contribution in [0.25, 0.3) is 6.08 Å². The summed E-state index contributed by atoms with van der Waals surface area (Å²) in [6.45, 7) is 4.45. The molecule has 0 bridgehead atoms. The van der Waals surface area contributed by atoms with Crippen molar-refractivity contribution in [1.29, 1.82) is 0 Å². The number of benzene rings is 1. The van der Waals surface area contributed by atoms with E-state index in [1.54, 1.807) is 31.3 Å². The van der Waals surface area contributed by atoms with Gasteiger partial charge in [-0.05, 0) is 30.7 Å². The molecule has 2 N–H and O–H groups in total. The third-order valence-electron chi connectivity index (χ3n) is 3.60. The van der Waals surface area contributed by atoms with E-state index < -0.39 is 0 Å². The van der Waals surface area contributed by atoms with E-state index in [0.717, 1.165) is 25.2 Å². The molecule has 1 aromatic carbocycles. The number of hydrogen-bond acceptors (Lipinski definition) is 3. The van der Waals surface area contributed by atoms with Crippen LogP contribution in [-0.4, -0.2) is 49.4 Å². The topological polar surface area (TPSA) is 61.4 Å². The fraction of sp³-hybridized carbons (Fsp3) is 0.375. The quantitative estimate of drug-likeness (QED) is 0.811. The van der Waals surface area contributed by atoms with Gasteiger partial charge in [-0.15, -0.1) is 0 Å². The first-order valence-corrected chi connectivity index (χ1v) is 7.13. The number of nitrogens with one attached hydrogen (secondary N) is 2. The van der Waals surface area contributed by atoms with Gasteiger partial charge < -0.3 is 15.5 Å². The number of piperazine rings is 1. The lowest BCUT2D eigenvalue weighted by Crippen LogP contribution is -2.51. The van der Waals surface area contributed by atoms with E-state index in [9.17, 15) is 9.59 Å². The van der Waals surface area contributed by atoms with Crippen molar-refractivity contribution in [3.8, 4) is 0 Å². The molecular weight excluding hydrogens is 266 g/mol. The Morgan fingerprint density at radius 2 is 2.05 bits per heavy atom. The molecule has 21 heavy (non-hydrogen) atoms. The van der Waals surface area contributed by atoms with Gasteiger partial charge in [0.25, 0.3) is 5.91 Å². The second-order valence-electron chi connectivity index (χ2n) is 5.12. The Morgan fingerprint density at radius 3 is 2.67 bits per heavy atom. The van der Waals surface area contributed by atoms with Crippen LogP contribution in [0.1, 0.15) is 22.8 Å². The van der Waals surface area contributed by atoms with Crippen LogP contribution in [0.2, 0.25) is 0 Å². The fourth-order valence-corrected chi connectivity index (χ4v) is 2.32. The first kappa shape index (κ1) is 15.3. The molecule has 1 unspecified atom stereocenters. The predicted octanol–water partition coefficient (Wildman–Crippen LogP) is 0.880. The van der Waals surface area contributed by atoms with Crippen molar-refractivity contribution in [1.82, 2.24) is 15.5 Å². The molecule has 1 aromatic rings. The Bertz CT molecular complexity index is 537. The van der Waals surface area contributed by atoms with E-state index in [1.807, 2.05) is 24.0 Å². The first-order chi connectivity index (χ1) is 10.1. The predicted molar refractivity (Wildman–Crippen MR) is 82.9 cm³/mol. The van der Waals surface area contributed by atoms with E-state index in [4.69, 9.17) is 0 Å². The smallest absolute Gasteiger partial charge is 0.251 e. The summed E-state index contributed by atoms with van der Waals surface area (Å²) in [4.78, 5) is 25.5. The van der Waals surface area contributed by atoms with Crippen LogP contribution < -0.4 is 10.6 Å². The van der Waals surface area contributed by atoms with Gasteiger partial charge in [0.1, 0.15) is 0 Å². The molecular formula is C16H21N3O2. The average molecular weight is 287 g/mol. The van der Waals surface area contributed by atoms with Gasteiger partial charge in [0.15, 0.2) is 0 Å². The Balaban J connectivity index is 2.00. The van der Waals surface area contributed by atoms with Crippen molar-refractivity contribution in [2.24, 2.45) is 0 Å². The third-order valence-corrected chi connectivity index (χ3v) is 3.60. The summed E-state index contributed by atoms with van der Waals surface area (Å²) in [6, 6.07) is 7.37. The molecule has 1 heterocycles. The minimum atomic E-state index is -0.115. The first-order valence-electron chi connectivity index (χ1n) is 7.13. The lowest BCUT2D eigenvalue weighted by atomic mass is 10.1. The number of rotatable bonds is 3. The number of amides is 2. The maximum absolute atomic E-state index is 12.2. The van der Waals surface area contributed by atoms with Gasteiger partial charge in [-0.25, -0.2) is 0 Å². The molecule has 1 saturated heterocycles. The minimum Gasteiger partial charge on any atom is -0.355 e. The summed E-state index contributed by atoms with van der Waals surface area (Å²) in [6.07, 6.45) is 3.38. The van der Waals surface area contributed by atoms with Crippen molar-refractivity contribution in [2.45, 2.75) is 13.0 Å². The van der Waals surface area contributed by atoms with Gasteiger partial charge in [0.2, 0.25) is 5.91 Å². The summed E-state index contributed by atoms with van der Waals surface area (Å²) in [7, 11) is 1.60. The summed E-state index contributed by atoms with van der Waals surface area (Å²) < 4.78 is 0. The molecule has 0 radical (unpaired) electrons. The average Bonchev–Trinajstić information content (AvgIpc) is 2.52. The zero-order chi connectivity index (χ0) is 15.2. The molecule has 0 aliphatic carbocycles. The van der Waals surface area contributed by atoms with Crippen LogP contribution in [0, 0.1) is 0 Å². The SMILES string of the molecule is CNC(=O)c1ccc(C=CC(=O)N2CCNCC2C)cc1. The number of carbonyl (C=O) groups excluding carboxylic acids is 2. The Morgan fingerprint density at radius 1 is 1.33 bits per heavy atom. The molecule has 5 nitrogen and oxygen atoms in total. The van der Waals surface area contributed by atoms with Gasteiger partial charge >= 0.3 is 0 Å². The van der Waals surface area contributed by atoms with Crippen LogP contribution in [-0.2, 0) is 4.79 Å². The van der Waals surface area contributed by atoms with Gasteiger partial charge in [-0.1, -0.05) is 12.1 Å². The van der Waals surface area contributed by atoms with E-state index in [0.29, 0.717) is 5.56 Å². The zero-order valence-electron chi connectivity index (χ0n) is 12.4. The summed E-state index contributed by atoms with van der Waals surface area (Å²) in [5.74, 6) is -0.0874.